The van der Waals surface area contributed by atoms with Crippen LogP contribution in [-0.2, 0) is 21.1 Å². The number of hydrogen-bond donors (Lipinski definition) is 0. The maximum absolute atomic E-state index is 11.8. The molecular formula is C16H22N2O5S. The second kappa shape index (κ2) is 7.16. The van der Waals surface area contributed by atoms with Crippen LogP contribution in [0.4, 0.5) is 5.69 Å². The zero-order chi connectivity index (χ0) is 17.2. The summed E-state index contributed by atoms with van der Waals surface area (Å²) in [5.41, 5.74) is 1.01. The van der Waals surface area contributed by atoms with E-state index < -0.39 is 14.8 Å². The predicted octanol–water partition coefficient (Wildman–Crippen LogP) is 1.76. The number of non-ortho nitro benzene ring substituents is 1. The molecular weight excluding hydrogens is 332 g/mol. The minimum atomic E-state index is -2.96. The van der Waals surface area contributed by atoms with Crippen LogP contribution in [0.5, 0.6) is 0 Å². The maximum atomic E-state index is 11.8. The summed E-state index contributed by atoms with van der Waals surface area (Å²) in [4.78, 5) is 12.5. The lowest BCUT2D eigenvalue weighted by Gasteiger charge is -2.30. The number of benzene rings is 1. The molecule has 0 spiro atoms. The highest BCUT2D eigenvalue weighted by molar-refractivity contribution is 7.91. The van der Waals surface area contributed by atoms with Crippen molar-refractivity contribution in [2.45, 2.75) is 38.0 Å². The Bertz CT molecular complexity index is 683. The summed E-state index contributed by atoms with van der Waals surface area (Å²) in [7, 11) is -2.96. The quantitative estimate of drug-likeness (QED) is 0.571. The molecule has 0 amide bonds. The van der Waals surface area contributed by atoms with Crippen LogP contribution < -0.4 is 0 Å². The number of ether oxygens (including phenoxy) is 1. The van der Waals surface area contributed by atoms with Crippen LogP contribution >= 0.6 is 0 Å². The van der Waals surface area contributed by atoms with E-state index in [9.17, 15) is 18.5 Å². The van der Waals surface area contributed by atoms with Crippen molar-refractivity contribution in [3.8, 4) is 0 Å². The van der Waals surface area contributed by atoms with E-state index in [2.05, 4.69) is 4.90 Å². The van der Waals surface area contributed by atoms with E-state index >= 15 is 0 Å². The fourth-order valence-corrected chi connectivity index (χ4v) is 5.18. The summed E-state index contributed by atoms with van der Waals surface area (Å²) in [5, 5.41) is 10.8. The molecule has 0 aliphatic carbocycles. The van der Waals surface area contributed by atoms with Crippen molar-refractivity contribution in [3.63, 3.8) is 0 Å². The molecule has 132 valence electrons. The molecule has 2 fully saturated rings. The van der Waals surface area contributed by atoms with Crippen molar-refractivity contribution in [3.05, 3.63) is 39.9 Å². The third-order valence-electron chi connectivity index (χ3n) is 4.72. The molecule has 0 saturated carbocycles. The SMILES string of the molecule is O=[N+]([O-])c1ccc(CN(C[C@@H]2CCCO2)[C@H]2CCS(=O)(=O)C2)cc1. The van der Waals surface area contributed by atoms with Gasteiger partial charge in [-0.25, -0.2) is 8.42 Å². The van der Waals surface area contributed by atoms with E-state index in [4.69, 9.17) is 4.74 Å². The highest BCUT2D eigenvalue weighted by Gasteiger charge is 2.34. The molecule has 1 aromatic rings. The first-order chi connectivity index (χ1) is 11.4. The zero-order valence-corrected chi connectivity index (χ0v) is 14.3. The van der Waals surface area contributed by atoms with Crippen LogP contribution in [0, 0.1) is 10.1 Å². The van der Waals surface area contributed by atoms with Crippen LogP contribution in [0.25, 0.3) is 0 Å². The van der Waals surface area contributed by atoms with Gasteiger partial charge in [0.05, 0.1) is 22.5 Å². The Balaban J connectivity index is 1.72. The minimum absolute atomic E-state index is 0.00519. The van der Waals surface area contributed by atoms with Gasteiger partial charge in [-0.1, -0.05) is 12.1 Å². The second-order valence-corrected chi connectivity index (χ2v) is 8.77. The maximum Gasteiger partial charge on any atom is 0.269 e. The largest absolute Gasteiger partial charge is 0.377 e. The van der Waals surface area contributed by atoms with Crippen molar-refractivity contribution < 1.29 is 18.1 Å². The number of nitro benzene ring substituents is 1. The summed E-state index contributed by atoms with van der Waals surface area (Å²) < 4.78 is 29.3. The standard InChI is InChI=1S/C16H22N2O5S/c19-18(20)14-5-3-13(4-6-14)10-17(11-16-2-1-8-23-16)15-7-9-24(21,22)12-15/h3-6,15-16H,1-2,7-12H2/t15-,16-/m0/s1. The number of sulfone groups is 1. The zero-order valence-electron chi connectivity index (χ0n) is 13.5. The lowest BCUT2D eigenvalue weighted by molar-refractivity contribution is -0.384. The van der Waals surface area contributed by atoms with E-state index in [0.29, 0.717) is 19.5 Å². The normalized spacial score (nSPS) is 26.0. The second-order valence-electron chi connectivity index (χ2n) is 6.54. The van der Waals surface area contributed by atoms with Crippen LogP contribution in [-0.4, -0.2) is 55.0 Å². The number of rotatable bonds is 6. The smallest absolute Gasteiger partial charge is 0.269 e. The summed E-state index contributed by atoms with van der Waals surface area (Å²) in [6.07, 6.45) is 2.82. The van der Waals surface area contributed by atoms with Crippen LogP contribution in [0.15, 0.2) is 24.3 Å². The van der Waals surface area contributed by atoms with E-state index in [0.717, 1.165) is 25.0 Å². The molecule has 2 saturated heterocycles. The van der Waals surface area contributed by atoms with Gasteiger partial charge in [0.25, 0.3) is 5.69 Å². The molecule has 2 aliphatic rings. The van der Waals surface area contributed by atoms with Gasteiger partial charge in [0.1, 0.15) is 0 Å². The van der Waals surface area contributed by atoms with Crippen molar-refractivity contribution in [1.29, 1.82) is 0 Å². The first kappa shape index (κ1) is 17.3. The minimum Gasteiger partial charge on any atom is -0.377 e. The third kappa shape index (κ3) is 4.31. The molecule has 2 heterocycles. The highest BCUT2D eigenvalue weighted by Crippen LogP contribution is 2.23. The Morgan fingerprint density at radius 1 is 1.25 bits per heavy atom. The number of hydrogen-bond acceptors (Lipinski definition) is 6. The predicted molar refractivity (Wildman–Crippen MR) is 89.5 cm³/mol. The summed E-state index contributed by atoms with van der Waals surface area (Å²) in [6.45, 7) is 2.05. The topological polar surface area (TPSA) is 89.8 Å². The van der Waals surface area contributed by atoms with Gasteiger partial charge in [-0.2, -0.15) is 0 Å². The van der Waals surface area contributed by atoms with Crippen molar-refractivity contribution in [2.75, 3.05) is 24.7 Å². The molecule has 2 atom stereocenters. The molecule has 0 bridgehead atoms. The van der Waals surface area contributed by atoms with Gasteiger partial charge in [0.15, 0.2) is 9.84 Å². The van der Waals surface area contributed by atoms with E-state index in [1.165, 1.54) is 12.1 Å². The monoisotopic (exact) mass is 354 g/mol. The van der Waals surface area contributed by atoms with Crippen molar-refractivity contribution in [2.24, 2.45) is 0 Å². The Hall–Kier alpha value is -1.51. The van der Waals surface area contributed by atoms with E-state index in [1.807, 2.05) is 0 Å². The van der Waals surface area contributed by atoms with Gasteiger partial charge in [-0.15, -0.1) is 0 Å². The lowest BCUT2D eigenvalue weighted by Crippen LogP contribution is -2.40. The average Bonchev–Trinajstić information content (AvgIpc) is 3.16. The van der Waals surface area contributed by atoms with Crippen LogP contribution in [0.1, 0.15) is 24.8 Å². The molecule has 0 aromatic heterocycles. The Morgan fingerprint density at radius 2 is 2.00 bits per heavy atom. The van der Waals surface area contributed by atoms with Gasteiger partial charge in [-0.05, 0) is 24.8 Å². The summed E-state index contributed by atoms with van der Waals surface area (Å²) >= 11 is 0. The van der Waals surface area contributed by atoms with Gasteiger partial charge in [0, 0.05) is 37.9 Å². The molecule has 0 unspecified atom stereocenters. The molecule has 0 N–H and O–H groups in total. The molecule has 1 aromatic carbocycles. The van der Waals surface area contributed by atoms with Crippen molar-refractivity contribution >= 4 is 15.5 Å². The first-order valence-electron chi connectivity index (χ1n) is 8.22. The lowest BCUT2D eigenvalue weighted by atomic mass is 10.1. The van der Waals surface area contributed by atoms with Crippen molar-refractivity contribution in [1.82, 2.24) is 4.90 Å². The van der Waals surface area contributed by atoms with Crippen LogP contribution in [0.3, 0.4) is 0 Å². The molecule has 3 rings (SSSR count). The molecule has 0 radical (unpaired) electrons. The Kier molecular flexibility index (Phi) is 5.17. The Labute approximate surface area is 141 Å². The van der Waals surface area contributed by atoms with E-state index in [1.54, 1.807) is 12.1 Å². The number of nitrogens with zero attached hydrogens (tertiary/aromatic N) is 2. The van der Waals surface area contributed by atoms with E-state index in [-0.39, 0.29) is 29.3 Å². The fourth-order valence-electron chi connectivity index (χ4n) is 3.41. The molecule has 24 heavy (non-hydrogen) atoms. The van der Waals surface area contributed by atoms with Gasteiger partial charge in [-0.3, -0.25) is 15.0 Å². The molecule has 8 heteroatoms. The average molecular weight is 354 g/mol. The third-order valence-corrected chi connectivity index (χ3v) is 6.47. The Morgan fingerprint density at radius 3 is 2.54 bits per heavy atom. The number of nitro groups is 1. The first-order valence-corrected chi connectivity index (χ1v) is 10.0. The summed E-state index contributed by atoms with van der Waals surface area (Å²) in [6, 6.07) is 6.46. The molecule has 7 nitrogen and oxygen atoms in total. The van der Waals surface area contributed by atoms with Gasteiger partial charge in [0.2, 0.25) is 0 Å². The fraction of sp³-hybridized carbons (Fsp3) is 0.625. The summed E-state index contributed by atoms with van der Waals surface area (Å²) in [5.74, 6) is 0.423. The highest BCUT2D eigenvalue weighted by atomic mass is 32.2. The van der Waals surface area contributed by atoms with Crippen LogP contribution in [0.2, 0.25) is 0 Å². The molecule has 2 aliphatic heterocycles. The van der Waals surface area contributed by atoms with Gasteiger partial charge < -0.3 is 4.74 Å². The van der Waals surface area contributed by atoms with Gasteiger partial charge >= 0.3 is 0 Å².